The zero-order valence-corrected chi connectivity index (χ0v) is 50.0. The van der Waals surface area contributed by atoms with Crippen molar-refractivity contribution in [1.29, 1.82) is 0 Å². The molecule has 0 unspecified atom stereocenters. The van der Waals surface area contributed by atoms with Crippen molar-refractivity contribution in [2.24, 2.45) is 0 Å². The van der Waals surface area contributed by atoms with Crippen LogP contribution < -0.4 is 30.6 Å². The van der Waals surface area contributed by atoms with Crippen LogP contribution in [-0.4, -0.2) is 263 Å². The van der Waals surface area contributed by atoms with Gasteiger partial charge in [0, 0.05) is 0 Å². The second-order valence-electron chi connectivity index (χ2n) is 3.57. The van der Waals surface area contributed by atoms with Crippen molar-refractivity contribution in [1.82, 2.24) is 0 Å². The van der Waals surface area contributed by atoms with Gasteiger partial charge < -0.3 is 92.5 Å². The van der Waals surface area contributed by atoms with E-state index in [2.05, 4.69) is 37.9 Å². The van der Waals surface area contributed by atoms with E-state index < -0.39 is 67.7 Å². The smallest absolute Gasteiger partial charge is 0.652 e. The number of carbonyl (C=O) groups is 11. The minimum Gasteiger partial charge on any atom is -0.652 e. The van der Waals surface area contributed by atoms with E-state index in [1.807, 2.05) is 0 Å². The molecule has 0 atom stereocenters. The van der Waals surface area contributed by atoms with E-state index in [-0.39, 0.29) is 326 Å². The van der Waals surface area contributed by atoms with Crippen molar-refractivity contribution >= 4 is 263 Å². The Morgan fingerprint density at radius 1 is 0.273 bits per heavy atom. The normalized spacial score (nSPS) is 6.73. The zero-order chi connectivity index (χ0) is 29.0. The van der Waals surface area contributed by atoms with Crippen LogP contribution in [0.4, 0.5) is 52.7 Å². The number of carboxylic acid groups (broad SMARTS) is 6. The molecule has 44 heavy (non-hydrogen) atoms. The summed E-state index contributed by atoms with van der Waals surface area (Å²) in [7, 11) is 0. The largest absolute Gasteiger partial charge is 3.00 e. The van der Waals surface area contributed by atoms with Crippen LogP contribution in [0.5, 0.6) is 0 Å². The Morgan fingerprint density at radius 2 is 0.364 bits per heavy atom. The first-order valence-corrected chi connectivity index (χ1v) is 6.74. The van der Waals surface area contributed by atoms with Crippen molar-refractivity contribution in [2.75, 3.05) is 0 Å². The first-order valence-electron chi connectivity index (χ1n) is 6.74. The summed E-state index contributed by atoms with van der Waals surface area (Å²) in [5.41, 5.74) is 0. The number of rotatable bonds is 0. The molecule has 0 rings (SSSR count). The van der Waals surface area contributed by atoms with E-state index in [0.29, 0.717) is 0 Å². The Bertz CT molecular complexity index is 809. The first kappa shape index (κ1) is 77.6. The van der Waals surface area contributed by atoms with Crippen LogP contribution in [0.1, 0.15) is 0 Å². The van der Waals surface area contributed by atoms with Crippen LogP contribution >= 0.6 is 0 Å². The summed E-state index contributed by atoms with van der Waals surface area (Å²) < 4.78 is 26.0. The first-order chi connectivity index (χ1) is 16.3. The zero-order valence-electron chi connectivity index (χ0n) is 20.8. The van der Waals surface area contributed by atoms with Crippen molar-refractivity contribution < 1.29 is 252 Å². The van der Waals surface area contributed by atoms with Crippen molar-refractivity contribution in [3.63, 3.8) is 0 Å². The number of carbonyl (C=O) groups excluding carboxylic acids is 11. The van der Waals surface area contributed by atoms with E-state index in [1.165, 1.54) is 0 Å². The van der Waals surface area contributed by atoms with Crippen molar-refractivity contribution in [3.05, 3.63) is 0 Å². The van der Waals surface area contributed by atoms with Crippen LogP contribution in [-0.2, 0) is 169 Å². The third-order valence-electron chi connectivity index (χ3n) is 1.33. The third-order valence-corrected chi connectivity index (χ3v) is 1.33. The van der Waals surface area contributed by atoms with Gasteiger partial charge in [-0.05, 0) is 6.16 Å². The molecule has 0 aromatic heterocycles. The topological polar surface area (TPSA) is 400 Å². The molecule has 0 radical (unpaired) electrons. The summed E-state index contributed by atoms with van der Waals surface area (Å²) in [5, 5.41) is 55.0. The molecule has 0 aromatic rings. The van der Waals surface area contributed by atoms with Gasteiger partial charge in [0.2, 0.25) is 0 Å². The summed E-state index contributed by atoms with van der Waals surface area (Å²) in [6.07, 6.45) is -24.0. The Balaban J connectivity index is -0.0000000420. The van der Waals surface area contributed by atoms with Gasteiger partial charge in [-0.25, -0.2) is 28.8 Å². The van der Waals surface area contributed by atoms with Gasteiger partial charge >= 0.3 is 363 Å². The average molecular weight is 1440 g/mol. The maximum atomic E-state index is 10.4. The molecule has 0 N–H and O–H groups in total. The summed E-state index contributed by atoms with van der Waals surface area (Å²) in [4.78, 5) is 108. The molecule has 0 aliphatic carbocycles. The molecule has 0 spiro atoms. The van der Waals surface area contributed by atoms with Crippen LogP contribution in [0.2, 0.25) is 0 Å². The van der Waals surface area contributed by atoms with Crippen LogP contribution in [0, 0.1) is 0 Å². The van der Waals surface area contributed by atoms with Gasteiger partial charge in [0.25, 0.3) is 24.6 Å². The fourth-order valence-electron chi connectivity index (χ4n) is 0.669. The van der Waals surface area contributed by atoms with E-state index in [1.54, 1.807) is 0 Å². The Morgan fingerprint density at radius 3 is 0.455 bits per heavy atom. The maximum absolute atomic E-state index is 10.4. The SMILES string of the molecule is O=C([O-])OC(=O)OC(=O)OC(=O)OC(=O)[O-].O=C([O-])OC(=O)OC(=O)OC(=O)OC(=O)[O-].O=C([O-])[O-].[Ba+2].[Ba+2].[Ba+2].[Ba+2].[Y+3].[Y+3].[Y+3].[Y+3]. The molecule has 25 nitrogen and oxygen atoms in total. The molecule has 200 valence electrons. The average Bonchev–Trinajstić information content (AvgIpc) is 2.57. The quantitative estimate of drug-likeness (QED) is 0.0941. The summed E-state index contributed by atoms with van der Waals surface area (Å²) >= 11 is 0. The third kappa shape index (κ3) is 72.1. The number of hydrogen-bond donors (Lipinski definition) is 0. The van der Waals surface area contributed by atoms with Gasteiger partial charge in [0.05, 0.1) is 0 Å². The van der Waals surface area contributed by atoms with E-state index in [0.717, 1.165) is 0 Å². The minimum absolute atomic E-state index is 0. The van der Waals surface area contributed by atoms with E-state index in [4.69, 9.17) is 15.0 Å². The van der Waals surface area contributed by atoms with E-state index >= 15 is 0 Å². The summed E-state index contributed by atoms with van der Waals surface area (Å²) in [5.74, 6) is 0. The molecule has 0 saturated carbocycles. The van der Waals surface area contributed by atoms with Crippen LogP contribution in [0.25, 0.3) is 0 Å². The minimum atomic E-state index is -2.33. The molecule has 33 heteroatoms. The molecule has 0 aromatic carbocycles. The summed E-state index contributed by atoms with van der Waals surface area (Å²) in [6, 6.07) is 0. The van der Waals surface area contributed by atoms with Gasteiger partial charge in [-0.1, -0.05) is 0 Å². The molecule has 0 heterocycles. The van der Waals surface area contributed by atoms with Crippen molar-refractivity contribution in [2.45, 2.75) is 0 Å². The molecule has 0 saturated heterocycles. The predicted octanol–water partition coefficient (Wildman–Crippen LogP) is -7.78. The summed E-state index contributed by atoms with van der Waals surface area (Å²) in [6.45, 7) is 0. The molecule has 0 aliphatic rings. The Kier molecular flexibility index (Phi) is 87.1. The molecular weight excluding hydrogens is 1440 g/mol. The van der Waals surface area contributed by atoms with Gasteiger partial charge in [0.15, 0.2) is 0 Å². The number of ether oxygens (including phenoxy) is 8. The van der Waals surface area contributed by atoms with Crippen molar-refractivity contribution in [3.8, 4) is 0 Å². The Hall–Kier alpha value is 4.27. The van der Waals surface area contributed by atoms with Gasteiger partial charge in [-0.2, -0.15) is 0 Å². The standard InChI is InChI=1S/2C5H2O11.CH2O3.4Ba.4Y/c2*6-1(7)13-3(10)15-5(12)16-4(11)14-2(8)9;2-1(3)4;;;;;;;;/h2*(H,6,7)(H,8,9);(H2,2,3,4);;;;;;;;/q;;;4*+2;4*+3/p-6. The predicted molar refractivity (Wildman–Crippen MR) is 91.1 cm³/mol. The van der Waals surface area contributed by atoms with Gasteiger partial charge in [0.1, 0.15) is 0 Å². The van der Waals surface area contributed by atoms with E-state index in [9.17, 15) is 68.4 Å². The molecule has 0 bridgehead atoms. The number of hydrogen-bond acceptors (Lipinski definition) is 25. The fraction of sp³-hybridized carbons (Fsp3) is 0. The molecule has 0 amide bonds. The fourth-order valence-corrected chi connectivity index (χ4v) is 0.669. The molecular formula is C11Ba4O25Y4+14. The van der Waals surface area contributed by atoms with Crippen LogP contribution in [0.3, 0.4) is 0 Å². The van der Waals surface area contributed by atoms with Gasteiger partial charge in [-0.15, -0.1) is 0 Å². The molecule has 0 fully saturated rings. The monoisotopic (exact) mass is 1440 g/mol. The van der Waals surface area contributed by atoms with Crippen LogP contribution in [0.15, 0.2) is 0 Å². The maximum Gasteiger partial charge on any atom is 3.00 e. The van der Waals surface area contributed by atoms with Gasteiger partial charge in [-0.3, -0.25) is 0 Å². The second-order valence-corrected chi connectivity index (χ2v) is 3.57. The molecule has 0 aliphatic heterocycles. The Labute approximate surface area is 502 Å². The second kappa shape index (κ2) is 49.4.